The van der Waals surface area contributed by atoms with E-state index in [1.165, 1.54) is 11.1 Å². The van der Waals surface area contributed by atoms with Crippen LogP contribution in [-0.2, 0) is 4.79 Å². The van der Waals surface area contributed by atoms with Crippen molar-refractivity contribution in [3.05, 3.63) is 116 Å². The van der Waals surface area contributed by atoms with E-state index in [-0.39, 0.29) is 18.6 Å². The maximum absolute atomic E-state index is 13.5. The first-order valence-corrected chi connectivity index (χ1v) is 12.6. The Labute approximate surface area is 227 Å². The lowest BCUT2D eigenvalue weighted by Gasteiger charge is -2.23. The van der Waals surface area contributed by atoms with Gasteiger partial charge in [0.2, 0.25) is 0 Å². The van der Waals surface area contributed by atoms with Crippen LogP contribution in [0.1, 0.15) is 29.2 Å². The second kappa shape index (κ2) is 10.2. The van der Waals surface area contributed by atoms with Crippen LogP contribution in [0.5, 0.6) is 11.5 Å². The maximum atomic E-state index is 13.5. The molecule has 40 heavy (non-hydrogen) atoms. The van der Waals surface area contributed by atoms with Gasteiger partial charge in [0.15, 0.2) is 6.61 Å². The predicted molar refractivity (Wildman–Crippen MR) is 149 cm³/mol. The highest BCUT2D eigenvalue weighted by atomic mass is 16.5. The largest absolute Gasteiger partial charge is 0.496 e. The summed E-state index contributed by atoms with van der Waals surface area (Å²) >= 11 is 0. The Morgan fingerprint density at radius 3 is 2.62 bits per heavy atom. The molecule has 3 heterocycles. The standard InChI is InChI=1S/C31H24N2O7/c1-18-13-30(35)39-28-15-20(11-12-21(18)28)38-17-29(34)33-25(22-8-4-6-10-27(22)37-2)16-24(32-33)23-14-19-7-3-5-9-26(19)40-31(23)36/h3-15,25H,16-17H2,1-2H3. The number of carbonyl (C=O) groups is 1. The second-order valence-electron chi connectivity index (χ2n) is 9.43. The van der Waals surface area contributed by atoms with Gasteiger partial charge in [-0.3, -0.25) is 4.79 Å². The van der Waals surface area contributed by atoms with Gasteiger partial charge < -0.3 is 18.3 Å². The number of amides is 1. The van der Waals surface area contributed by atoms with Crippen molar-refractivity contribution in [2.24, 2.45) is 5.10 Å². The molecule has 0 radical (unpaired) electrons. The van der Waals surface area contributed by atoms with Gasteiger partial charge in [0.25, 0.3) is 5.91 Å². The van der Waals surface area contributed by atoms with Gasteiger partial charge in [0, 0.05) is 34.9 Å². The molecular formula is C31H24N2O7. The normalized spacial score (nSPS) is 14.9. The summed E-state index contributed by atoms with van der Waals surface area (Å²) in [5.41, 5.74) is 2.08. The molecule has 0 aliphatic carbocycles. The highest BCUT2D eigenvalue weighted by Crippen LogP contribution is 2.37. The quantitative estimate of drug-likeness (QED) is 0.282. The van der Waals surface area contributed by atoms with Gasteiger partial charge in [-0.2, -0.15) is 5.10 Å². The van der Waals surface area contributed by atoms with Crippen LogP contribution in [0.4, 0.5) is 0 Å². The topological polar surface area (TPSA) is 112 Å². The van der Waals surface area contributed by atoms with Crippen molar-refractivity contribution in [1.29, 1.82) is 0 Å². The van der Waals surface area contributed by atoms with E-state index in [4.69, 9.17) is 18.3 Å². The second-order valence-corrected chi connectivity index (χ2v) is 9.43. The van der Waals surface area contributed by atoms with Crippen molar-refractivity contribution in [1.82, 2.24) is 5.01 Å². The van der Waals surface area contributed by atoms with Gasteiger partial charge in [-0.15, -0.1) is 0 Å². The van der Waals surface area contributed by atoms with E-state index < -0.39 is 23.2 Å². The van der Waals surface area contributed by atoms with E-state index in [1.54, 1.807) is 43.5 Å². The van der Waals surface area contributed by atoms with Crippen molar-refractivity contribution in [2.45, 2.75) is 19.4 Å². The zero-order chi connectivity index (χ0) is 27.8. The molecule has 1 atom stereocenters. The number of carbonyl (C=O) groups excluding carboxylic acids is 1. The molecule has 3 aromatic carbocycles. The summed E-state index contributed by atoms with van der Waals surface area (Å²) in [6.45, 7) is 1.48. The number of benzene rings is 3. The van der Waals surface area contributed by atoms with Gasteiger partial charge in [0.1, 0.15) is 22.7 Å². The minimum Gasteiger partial charge on any atom is -0.496 e. The molecule has 0 spiro atoms. The molecule has 5 aromatic rings. The smallest absolute Gasteiger partial charge is 0.345 e. The summed E-state index contributed by atoms with van der Waals surface area (Å²) in [5.74, 6) is 0.525. The molecule has 1 unspecified atom stereocenters. The van der Waals surface area contributed by atoms with Crippen molar-refractivity contribution < 1.29 is 23.1 Å². The Balaban J connectivity index is 1.33. The van der Waals surface area contributed by atoms with Crippen molar-refractivity contribution >= 4 is 33.6 Å². The zero-order valence-corrected chi connectivity index (χ0v) is 21.7. The van der Waals surface area contributed by atoms with E-state index in [0.717, 1.165) is 21.9 Å². The fraction of sp³-hybridized carbons (Fsp3) is 0.161. The fourth-order valence-electron chi connectivity index (χ4n) is 4.96. The van der Waals surface area contributed by atoms with Crippen LogP contribution in [0.2, 0.25) is 0 Å². The molecular weight excluding hydrogens is 512 g/mol. The number of methoxy groups -OCH3 is 1. The Morgan fingerprint density at radius 2 is 1.77 bits per heavy atom. The zero-order valence-electron chi connectivity index (χ0n) is 21.7. The number of hydrogen-bond acceptors (Lipinski definition) is 8. The van der Waals surface area contributed by atoms with Gasteiger partial charge in [-0.1, -0.05) is 36.4 Å². The van der Waals surface area contributed by atoms with Gasteiger partial charge in [0.05, 0.1) is 24.4 Å². The Bertz CT molecular complexity index is 1920. The fourth-order valence-corrected chi connectivity index (χ4v) is 4.96. The van der Waals surface area contributed by atoms with Gasteiger partial charge in [-0.05, 0) is 42.8 Å². The summed E-state index contributed by atoms with van der Waals surface area (Å²) in [7, 11) is 1.56. The summed E-state index contributed by atoms with van der Waals surface area (Å²) in [4.78, 5) is 38.2. The van der Waals surface area contributed by atoms with Crippen LogP contribution in [0.25, 0.3) is 21.9 Å². The molecule has 0 fully saturated rings. The van der Waals surface area contributed by atoms with Crippen LogP contribution < -0.4 is 20.7 Å². The van der Waals surface area contributed by atoms with Crippen LogP contribution >= 0.6 is 0 Å². The summed E-state index contributed by atoms with van der Waals surface area (Å²) in [6, 6.07) is 22.2. The molecule has 0 saturated heterocycles. The SMILES string of the molecule is COc1ccccc1C1CC(c2cc3ccccc3oc2=O)=NN1C(=O)COc1ccc2c(C)cc(=O)oc2c1. The first kappa shape index (κ1) is 25.1. The number of nitrogens with zero attached hydrogens (tertiary/aromatic N) is 2. The molecule has 0 saturated carbocycles. The third-order valence-corrected chi connectivity index (χ3v) is 6.90. The minimum atomic E-state index is -0.537. The van der Waals surface area contributed by atoms with Crippen LogP contribution in [0, 0.1) is 6.92 Å². The Hall–Kier alpha value is -5.18. The summed E-state index contributed by atoms with van der Waals surface area (Å²) < 4.78 is 22.2. The van der Waals surface area contributed by atoms with E-state index >= 15 is 0 Å². The number of hydrogen-bond donors (Lipinski definition) is 0. The third kappa shape index (κ3) is 4.62. The molecule has 2 aromatic heterocycles. The molecule has 0 N–H and O–H groups in total. The van der Waals surface area contributed by atoms with Gasteiger partial charge in [-0.25, -0.2) is 14.6 Å². The number of fused-ring (bicyclic) bond motifs is 2. The van der Waals surface area contributed by atoms with Crippen molar-refractivity contribution in [3.63, 3.8) is 0 Å². The lowest BCUT2D eigenvalue weighted by molar-refractivity contribution is -0.135. The highest BCUT2D eigenvalue weighted by molar-refractivity contribution is 6.04. The summed E-state index contributed by atoms with van der Waals surface area (Å²) in [5, 5.41) is 7.44. The van der Waals surface area contributed by atoms with Crippen LogP contribution in [0.3, 0.4) is 0 Å². The first-order valence-electron chi connectivity index (χ1n) is 12.6. The molecule has 0 bridgehead atoms. The lowest BCUT2D eigenvalue weighted by atomic mass is 9.98. The average Bonchev–Trinajstić information content (AvgIpc) is 3.40. The summed E-state index contributed by atoms with van der Waals surface area (Å²) in [6.07, 6.45) is 0.273. The van der Waals surface area contributed by atoms with E-state index in [1.807, 2.05) is 43.3 Å². The molecule has 9 heteroatoms. The average molecular weight is 537 g/mol. The van der Waals surface area contributed by atoms with Crippen LogP contribution in [0.15, 0.2) is 102 Å². The number of para-hydroxylation sites is 2. The molecule has 9 nitrogen and oxygen atoms in total. The first-order chi connectivity index (χ1) is 19.4. The van der Waals surface area contributed by atoms with E-state index in [9.17, 15) is 14.4 Å². The van der Waals surface area contributed by atoms with Crippen molar-refractivity contribution in [3.8, 4) is 11.5 Å². The predicted octanol–water partition coefficient (Wildman–Crippen LogP) is 4.97. The highest BCUT2D eigenvalue weighted by Gasteiger charge is 2.36. The number of rotatable bonds is 6. The third-order valence-electron chi connectivity index (χ3n) is 6.90. The number of hydrazone groups is 1. The van der Waals surface area contributed by atoms with E-state index in [2.05, 4.69) is 5.10 Å². The lowest BCUT2D eigenvalue weighted by Crippen LogP contribution is -2.31. The Morgan fingerprint density at radius 1 is 0.975 bits per heavy atom. The van der Waals surface area contributed by atoms with Gasteiger partial charge >= 0.3 is 11.3 Å². The van der Waals surface area contributed by atoms with Crippen LogP contribution in [-0.4, -0.2) is 30.3 Å². The molecule has 1 aliphatic heterocycles. The molecule has 6 rings (SSSR count). The molecule has 1 aliphatic rings. The minimum absolute atomic E-state index is 0.273. The monoisotopic (exact) mass is 536 g/mol. The number of aryl methyl sites for hydroxylation is 1. The Kier molecular flexibility index (Phi) is 6.39. The van der Waals surface area contributed by atoms with Crippen molar-refractivity contribution in [2.75, 3.05) is 13.7 Å². The number of ether oxygens (including phenoxy) is 2. The molecule has 1 amide bonds. The molecule has 200 valence electrons. The van der Waals surface area contributed by atoms with E-state index in [0.29, 0.717) is 28.4 Å². The maximum Gasteiger partial charge on any atom is 0.345 e.